The minimum absolute atomic E-state index is 0.293. The fourth-order valence-corrected chi connectivity index (χ4v) is 4.79. The van der Waals surface area contributed by atoms with Gasteiger partial charge in [0.25, 0.3) is 5.91 Å². The summed E-state index contributed by atoms with van der Waals surface area (Å²) in [4.78, 5) is 34.4. The average molecular weight is 412 g/mol. The number of aromatic amines is 1. The minimum atomic E-state index is -0.417. The number of hydrogen-bond donors (Lipinski definition) is 2. The van der Waals surface area contributed by atoms with Crippen LogP contribution in [-0.2, 0) is 4.74 Å². The Morgan fingerprint density at radius 2 is 2.07 bits per heavy atom. The van der Waals surface area contributed by atoms with Gasteiger partial charge in [-0.25, -0.2) is 4.79 Å². The molecule has 0 spiro atoms. The van der Waals surface area contributed by atoms with E-state index in [1.54, 1.807) is 29.7 Å². The number of thiophene rings is 2. The number of aromatic nitrogens is 2. The topological polar surface area (TPSA) is 84.1 Å². The van der Waals surface area contributed by atoms with E-state index in [-0.39, 0.29) is 5.91 Å². The number of carbonyl (C=O) groups excluding carboxylic acids is 2. The van der Waals surface area contributed by atoms with Crippen molar-refractivity contribution in [1.82, 2.24) is 9.97 Å². The molecule has 4 aromatic heterocycles. The fourth-order valence-electron chi connectivity index (χ4n) is 3.06. The molecule has 1 amide bonds. The fraction of sp³-hybridized carbons (Fsp3) is 0.150. The molecule has 4 aromatic rings. The van der Waals surface area contributed by atoms with Gasteiger partial charge in [0.15, 0.2) is 0 Å². The second-order valence-electron chi connectivity index (χ2n) is 6.25. The number of esters is 1. The van der Waals surface area contributed by atoms with Gasteiger partial charge >= 0.3 is 5.97 Å². The molecule has 0 aromatic carbocycles. The predicted octanol–water partition coefficient (Wildman–Crippen LogP) is 5.01. The molecule has 142 valence electrons. The van der Waals surface area contributed by atoms with Crippen molar-refractivity contribution in [1.29, 1.82) is 0 Å². The highest BCUT2D eigenvalue weighted by molar-refractivity contribution is 7.19. The molecule has 0 atom stereocenters. The third-order valence-corrected chi connectivity index (χ3v) is 6.25. The van der Waals surface area contributed by atoms with Crippen LogP contribution in [0.2, 0.25) is 0 Å². The van der Waals surface area contributed by atoms with Crippen LogP contribution in [0.1, 0.15) is 30.6 Å². The first-order chi connectivity index (χ1) is 13.5. The molecule has 6 nitrogen and oxygen atoms in total. The van der Waals surface area contributed by atoms with Crippen LogP contribution in [0.5, 0.6) is 0 Å². The summed E-state index contributed by atoms with van der Waals surface area (Å²) in [6.07, 6.45) is 1.70. The molecule has 4 heterocycles. The Labute approximate surface area is 169 Å². The Kier molecular flexibility index (Phi) is 4.74. The molecule has 0 radical (unpaired) electrons. The van der Waals surface area contributed by atoms with Gasteiger partial charge < -0.3 is 15.0 Å². The summed E-state index contributed by atoms with van der Waals surface area (Å²) in [5, 5.41) is 4.94. The molecule has 0 aliphatic rings. The van der Waals surface area contributed by atoms with E-state index in [1.165, 1.54) is 23.3 Å². The first-order valence-electron chi connectivity index (χ1n) is 8.50. The van der Waals surface area contributed by atoms with E-state index in [0.29, 0.717) is 22.5 Å². The van der Waals surface area contributed by atoms with E-state index in [2.05, 4.69) is 15.3 Å². The SMILES string of the molecule is COC(=O)c1c(C)sc2cc(C(=O)Nc3cccnc3-c3csc(C)c3)[nH]c12. The summed E-state index contributed by atoms with van der Waals surface area (Å²) in [5.41, 5.74) is 3.79. The van der Waals surface area contributed by atoms with Gasteiger partial charge in [0.05, 0.1) is 34.3 Å². The van der Waals surface area contributed by atoms with Gasteiger partial charge in [0.2, 0.25) is 0 Å². The van der Waals surface area contributed by atoms with Crippen LogP contribution in [0, 0.1) is 13.8 Å². The van der Waals surface area contributed by atoms with Crippen molar-refractivity contribution in [2.24, 2.45) is 0 Å². The number of pyridine rings is 1. The first kappa shape index (κ1) is 18.4. The van der Waals surface area contributed by atoms with Crippen LogP contribution >= 0.6 is 22.7 Å². The Bertz CT molecular complexity index is 1200. The lowest BCUT2D eigenvalue weighted by molar-refractivity contribution is 0.0602. The maximum atomic E-state index is 12.8. The summed E-state index contributed by atoms with van der Waals surface area (Å²) < 4.78 is 5.69. The summed E-state index contributed by atoms with van der Waals surface area (Å²) in [5.74, 6) is -0.710. The van der Waals surface area contributed by atoms with Crippen molar-refractivity contribution >= 4 is 50.5 Å². The molecule has 0 fully saturated rings. The number of aryl methyl sites for hydroxylation is 2. The van der Waals surface area contributed by atoms with Gasteiger partial charge in [-0.1, -0.05) is 0 Å². The lowest BCUT2D eigenvalue weighted by atomic mass is 10.1. The van der Waals surface area contributed by atoms with E-state index in [0.717, 1.165) is 20.8 Å². The number of ether oxygens (including phenoxy) is 1. The number of rotatable bonds is 4. The number of nitrogens with one attached hydrogen (secondary N) is 2. The molecule has 0 saturated carbocycles. The van der Waals surface area contributed by atoms with Gasteiger partial charge in [0, 0.05) is 26.9 Å². The van der Waals surface area contributed by atoms with Crippen LogP contribution in [0.3, 0.4) is 0 Å². The lowest BCUT2D eigenvalue weighted by Crippen LogP contribution is -2.13. The average Bonchev–Trinajstić information content (AvgIpc) is 3.35. The molecule has 0 aliphatic carbocycles. The largest absolute Gasteiger partial charge is 0.465 e. The summed E-state index contributed by atoms with van der Waals surface area (Å²) in [6, 6.07) is 7.39. The van der Waals surface area contributed by atoms with Crippen LogP contribution in [-0.4, -0.2) is 29.0 Å². The predicted molar refractivity (Wildman–Crippen MR) is 112 cm³/mol. The molecular formula is C20H17N3O3S2. The number of anilines is 1. The maximum absolute atomic E-state index is 12.8. The van der Waals surface area contributed by atoms with Crippen molar-refractivity contribution in [2.45, 2.75) is 13.8 Å². The van der Waals surface area contributed by atoms with Crippen molar-refractivity contribution in [3.8, 4) is 11.3 Å². The van der Waals surface area contributed by atoms with Gasteiger partial charge in [-0.2, -0.15) is 0 Å². The Morgan fingerprint density at radius 1 is 1.25 bits per heavy atom. The van der Waals surface area contributed by atoms with E-state index < -0.39 is 5.97 Å². The zero-order chi connectivity index (χ0) is 19.8. The number of nitrogens with zero attached hydrogens (tertiary/aromatic N) is 1. The highest BCUT2D eigenvalue weighted by atomic mass is 32.1. The number of methoxy groups -OCH3 is 1. The molecule has 28 heavy (non-hydrogen) atoms. The quantitative estimate of drug-likeness (QED) is 0.463. The van der Waals surface area contributed by atoms with Crippen molar-refractivity contribution in [3.05, 3.63) is 56.9 Å². The summed E-state index contributed by atoms with van der Waals surface area (Å²) >= 11 is 3.08. The third-order valence-electron chi connectivity index (χ3n) is 4.34. The number of carbonyl (C=O) groups is 2. The van der Waals surface area contributed by atoms with Crippen LogP contribution in [0.15, 0.2) is 35.8 Å². The summed E-state index contributed by atoms with van der Waals surface area (Å²) in [6.45, 7) is 3.89. The Hall–Kier alpha value is -2.97. The zero-order valence-electron chi connectivity index (χ0n) is 15.5. The highest BCUT2D eigenvalue weighted by Crippen LogP contribution is 2.33. The minimum Gasteiger partial charge on any atom is -0.465 e. The molecule has 8 heteroatoms. The van der Waals surface area contributed by atoms with Gasteiger partial charge in [-0.05, 0) is 38.1 Å². The van der Waals surface area contributed by atoms with Crippen molar-refractivity contribution in [3.63, 3.8) is 0 Å². The van der Waals surface area contributed by atoms with Crippen molar-refractivity contribution < 1.29 is 14.3 Å². The van der Waals surface area contributed by atoms with E-state index in [4.69, 9.17) is 4.74 Å². The number of hydrogen-bond acceptors (Lipinski definition) is 6. The maximum Gasteiger partial charge on any atom is 0.341 e. The number of fused-ring (bicyclic) bond motifs is 1. The van der Waals surface area contributed by atoms with E-state index in [9.17, 15) is 9.59 Å². The standard InChI is InChI=1S/C20H17N3O3S2/c1-10-7-12(9-27-10)17-13(5-4-6-21-17)23-19(24)14-8-15-18(22-14)16(11(2)28-15)20(25)26-3/h4-9,22H,1-3H3,(H,23,24). The molecule has 0 unspecified atom stereocenters. The highest BCUT2D eigenvalue weighted by Gasteiger charge is 2.21. The molecule has 2 N–H and O–H groups in total. The van der Waals surface area contributed by atoms with Gasteiger partial charge in [0.1, 0.15) is 5.69 Å². The molecule has 0 saturated heterocycles. The smallest absolute Gasteiger partial charge is 0.341 e. The molecule has 4 rings (SSSR count). The zero-order valence-corrected chi connectivity index (χ0v) is 17.1. The number of H-pyrrole nitrogens is 1. The molecule has 0 bridgehead atoms. The van der Waals surface area contributed by atoms with Crippen molar-refractivity contribution in [2.75, 3.05) is 12.4 Å². The third kappa shape index (κ3) is 3.21. The van der Waals surface area contributed by atoms with Crippen LogP contribution < -0.4 is 5.32 Å². The molecule has 0 aliphatic heterocycles. The summed E-state index contributed by atoms with van der Waals surface area (Å²) in [7, 11) is 1.35. The van der Waals surface area contributed by atoms with Gasteiger partial charge in [-0.3, -0.25) is 9.78 Å². The van der Waals surface area contributed by atoms with E-state index in [1.807, 2.05) is 31.4 Å². The first-order valence-corrected chi connectivity index (χ1v) is 10.2. The second-order valence-corrected chi connectivity index (χ2v) is 8.62. The second kappa shape index (κ2) is 7.21. The molecular weight excluding hydrogens is 394 g/mol. The monoisotopic (exact) mass is 411 g/mol. The Balaban J connectivity index is 1.67. The lowest BCUT2D eigenvalue weighted by Gasteiger charge is -2.08. The van der Waals surface area contributed by atoms with E-state index >= 15 is 0 Å². The number of amides is 1. The van der Waals surface area contributed by atoms with Gasteiger partial charge in [-0.15, -0.1) is 22.7 Å². The normalized spacial score (nSPS) is 11.0. The Morgan fingerprint density at radius 3 is 2.79 bits per heavy atom. The van der Waals surface area contributed by atoms with Crippen LogP contribution in [0.25, 0.3) is 21.5 Å². The van der Waals surface area contributed by atoms with Crippen LogP contribution in [0.4, 0.5) is 5.69 Å².